The first kappa shape index (κ1) is 38.6. The summed E-state index contributed by atoms with van der Waals surface area (Å²) in [6.45, 7) is 5.68. The summed E-state index contributed by atoms with van der Waals surface area (Å²) in [6, 6.07) is 24.9. The van der Waals surface area contributed by atoms with Crippen LogP contribution in [0, 0.1) is 12.8 Å². The average molecular weight is 718 g/mol. The first-order chi connectivity index (χ1) is 24.4. The maximum Gasteiger partial charge on any atom is 0.265 e. The zero-order valence-corrected chi connectivity index (χ0v) is 31.0. The lowest BCUT2D eigenvalue weighted by atomic mass is 10.0. The van der Waals surface area contributed by atoms with Gasteiger partial charge in [-0.2, -0.15) is 0 Å². The number of benzene rings is 4. The van der Waals surface area contributed by atoms with Gasteiger partial charge in [0.1, 0.15) is 24.1 Å². The van der Waals surface area contributed by atoms with E-state index in [2.05, 4.69) is 5.32 Å². The summed E-state index contributed by atoms with van der Waals surface area (Å²) >= 11 is 0. The summed E-state index contributed by atoms with van der Waals surface area (Å²) in [5, 5.41) is 3.01. The van der Waals surface area contributed by atoms with Crippen LogP contribution < -0.4 is 28.6 Å². The normalized spacial score (nSPS) is 11.8. The van der Waals surface area contributed by atoms with Gasteiger partial charge in [0.25, 0.3) is 10.0 Å². The van der Waals surface area contributed by atoms with Gasteiger partial charge in [0, 0.05) is 31.6 Å². The van der Waals surface area contributed by atoms with Gasteiger partial charge >= 0.3 is 0 Å². The summed E-state index contributed by atoms with van der Waals surface area (Å²) < 4.78 is 52.2. The van der Waals surface area contributed by atoms with Crippen LogP contribution in [0.15, 0.2) is 95.9 Å². The Morgan fingerprint density at radius 3 is 2.04 bits per heavy atom. The van der Waals surface area contributed by atoms with Crippen molar-refractivity contribution in [3.63, 3.8) is 0 Å². The molecular weight excluding hydrogens is 671 g/mol. The Kier molecular flexibility index (Phi) is 13.3. The molecule has 11 nitrogen and oxygen atoms in total. The van der Waals surface area contributed by atoms with E-state index < -0.39 is 28.5 Å². The lowest BCUT2D eigenvalue weighted by molar-refractivity contribution is -0.140. The molecule has 0 bridgehead atoms. The van der Waals surface area contributed by atoms with Crippen LogP contribution in [-0.2, 0) is 32.6 Å². The van der Waals surface area contributed by atoms with Crippen molar-refractivity contribution in [2.45, 2.75) is 44.7 Å². The Balaban J connectivity index is 1.90. The molecule has 272 valence electrons. The molecule has 1 N–H and O–H groups in total. The van der Waals surface area contributed by atoms with Crippen molar-refractivity contribution in [1.29, 1.82) is 0 Å². The summed E-state index contributed by atoms with van der Waals surface area (Å²) in [6.07, 6.45) is 0.202. The van der Waals surface area contributed by atoms with E-state index in [0.717, 1.165) is 21.0 Å². The molecule has 12 heteroatoms. The van der Waals surface area contributed by atoms with Crippen molar-refractivity contribution in [2.75, 3.05) is 45.8 Å². The number of ether oxygens (including phenoxy) is 4. The molecule has 51 heavy (non-hydrogen) atoms. The molecule has 2 amide bonds. The highest BCUT2D eigenvalue weighted by atomic mass is 32.2. The highest BCUT2D eigenvalue weighted by Gasteiger charge is 2.36. The fourth-order valence-corrected chi connectivity index (χ4v) is 6.99. The van der Waals surface area contributed by atoms with Gasteiger partial charge in [-0.3, -0.25) is 13.9 Å². The molecule has 0 saturated carbocycles. The van der Waals surface area contributed by atoms with E-state index in [1.54, 1.807) is 12.1 Å². The van der Waals surface area contributed by atoms with Gasteiger partial charge in [-0.15, -0.1) is 0 Å². The summed E-state index contributed by atoms with van der Waals surface area (Å²) in [5.41, 5.74) is 2.64. The Morgan fingerprint density at radius 1 is 0.765 bits per heavy atom. The van der Waals surface area contributed by atoms with Crippen LogP contribution in [-0.4, -0.2) is 72.7 Å². The van der Waals surface area contributed by atoms with Crippen LogP contribution >= 0.6 is 0 Å². The third-order valence-corrected chi connectivity index (χ3v) is 10.2. The molecule has 4 rings (SSSR count). The topological polar surface area (TPSA) is 124 Å². The fourth-order valence-electron chi connectivity index (χ4n) is 5.56. The van der Waals surface area contributed by atoms with Crippen LogP contribution in [0.25, 0.3) is 0 Å². The van der Waals surface area contributed by atoms with E-state index in [0.29, 0.717) is 18.0 Å². The number of amides is 2. The highest BCUT2D eigenvalue weighted by molar-refractivity contribution is 7.92. The lowest BCUT2D eigenvalue weighted by Crippen LogP contribution is -2.53. The molecule has 0 radical (unpaired) electrons. The van der Waals surface area contributed by atoms with Gasteiger partial charge in [0.05, 0.1) is 39.0 Å². The number of anilines is 1. The molecule has 0 saturated heterocycles. The Hall–Kier alpha value is -5.23. The number of aryl methyl sites for hydroxylation is 1. The second-order valence-corrected chi connectivity index (χ2v) is 14.2. The van der Waals surface area contributed by atoms with Gasteiger partial charge in [0.2, 0.25) is 11.8 Å². The summed E-state index contributed by atoms with van der Waals surface area (Å²) in [5.74, 6) is 0.267. The smallest absolute Gasteiger partial charge is 0.265 e. The number of hydrogen-bond acceptors (Lipinski definition) is 8. The first-order valence-corrected chi connectivity index (χ1v) is 18.0. The molecule has 0 aliphatic carbocycles. The van der Waals surface area contributed by atoms with Crippen LogP contribution in [0.1, 0.15) is 30.5 Å². The molecule has 0 spiro atoms. The van der Waals surface area contributed by atoms with Gasteiger partial charge in [-0.25, -0.2) is 8.42 Å². The second-order valence-electron chi connectivity index (χ2n) is 12.4. The number of carbonyl (C=O) groups is 2. The number of methoxy groups -OCH3 is 4. The van der Waals surface area contributed by atoms with Crippen molar-refractivity contribution in [3.05, 3.63) is 108 Å². The van der Waals surface area contributed by atoms with Crippen molar-refractivity contribution in [2.24, 2.45) is 5.92 Å². The van der Waals surface area contributed by atoms with E-state index in [1.807, 2.05) is 75.4 Å². The molecule has 0 aromatic heterocycles. The van der Waals surface area contributed by atoms with E-state index >= 15 is 0 Å². The molecule has 0 aliphatic rings. The fraction of sp³-hybridized carbons (Fsp3) is 0.333. The van der Waals surface area contributed by atoms with Gasteiger partial charge in [-0.05, 0) is 53.8 Å². The molecule has 1 atom stereocenters. The Labute approximate surface area is 301 Å². The van der Waals surface area contributed by atoms with E-state index in [9.17, 15) is 18.0 Å². The predicted octanol–water partition coefficient (Wildman–Crippen LogP) is 5.64. The minimum absolute atomic E-state index is 0.0532. The third kappa shape index (κ3) is 9.52. The van der Waals surface area contributed by atoms with Crippen LogP contribution in [0.5, 0.6) is 23.0 Å². The molecular formula is C39H47N3O8S. The maximum atomic E-state index is 14.9. The number of nitrogens with one attached hydrogen (secondary N) is 1. The first-order valence-electron chi connectivity index (χ1n) is 16.6. The van der Waals surface area contributed by atoms with E-state index in [4.69, 9.17) is 18.9 Å². The van der Waals surface area contributed by atoms with E-state index in [-0.39, 0.29) is 46.9 Å². The average Bonchev–Trinajstić information content (AvgIpc) is 3.14. The quantitative estimate of drug-likeness (QED) is 0.149. The highest BCUT2D eigenvalue weighted by Crippen LogP contribution is 2.38. The molecule has 0 fully saturated rings. The number of nitrogens with zero attached hydrogens (tertiary/aromatic N) is 2. The molecule has 4 aromatic rings. The van der Waals surface area contributed by atoms with Crippen LogP contribution in [0.4, 0.5) is 5.69 Å². The lowest BCUT2D eigenvalue weighted by Gasteiger charge is -2.34. The van der Waals surface area contributed by atoms with Crippen molar-refractivity contribution in [1.82, 2.24) is 10.2 Å². The zero-order valence-electron chi connectivity index (χ0n) is 30.2. The summed E-state index contributed by atoms with van der Waals surface area (Å²) in [4.78, 5) is 30.3. The van der Waals surface area contributed by atoms with Gasteiger partial charge < -0.3 is 29.2 Å². The minimum atomic E-state index is -4.49. The monoisotopic (exact) mass is 717 g/mol. The Bertz CT molecular complexity index is 1900. The number of sulfonamides is 1. The Morgan fingerprint density at radius 2 is 1.41 bits per heavy atom. The SMILES string of the molecule is COc1ccc(OC)c(N(CC(=O)N(Cc2ccccc2C)[C@H](Cc2ccccc2)C(=O)NCC(C)C)S(=O)(=O)c2ccc(OC)c(OC)c2)c1. The molecule has 4 aromatic carbocycles. The largest absolute Gasteiger partial charge is 0.497 e. The standard InChI is InChI=1S/C39H47N3O8S/c1-27(2)24-40-39(44)34(21-29-14-9-8-10-15-29)41(25-30-16-12-11-13-28(30)3)38(43)26-42(33-22-31(47-4)17-19-35(33)48-5)51(45,46)32-18-20-36(49-6)37(23-32)50-7/h8-20,22-23,27,34H,21,24-26H2,1-7H3,(H,40,44)/t34-/m1/s1. The predicted molar refractivity (Wildman–Crippen MR) is 197 cm³/mol. The van der Waals surface area contributed by atoms with Crippen molar-refractivity contribution < 1.29 is 37.0 Å². The maximum absolute atomic E-state index is 14.9. The summed E-state index contributed by atoms with van der Waals surface area (Å²) in [7, 11) is 1.23. The van der Waals surface area contributed by atoms with E-state index in [1.165, 1.54) is 57.6 Å². The molecule has 0 heterocycles. The van der Waals surface area contributed by atoms with Crippen molar-refractivity contribution in [3.8, 4) is 23.0 Å². The molecule has 0 aliphatic heterocycles. The third-order valence-electron chi connectivity index (χ3n) is 8.43. The van der Waals surface area contributed by atoms with Crippen LogP contribution in [0.3, 0.4) is 0 Å². The molecule has 0 unspecified atom stereocenters. The number of carbonyl (C=O) groups excluding carboxylic acids is 2. The van der Waals surface area contributed by atoms with Gasteiger partial charge in [-0.1, -0.05) is 68.4 Å². The van der Waals surface area contributed by atoms with Crippen LogP contribution in [0.2, 0.25) is 0 Å². The minimum Gasteiger partial charge on any atom is -0.497 e. The van der Waals surface area contributed by atoms with Gasteiger partial charge in [0.15, 0.2) is 11.5 Å². The number of rotatable bonds is 17. The second kappa shape index (κ2) is 17.6. The van der Waals surface area contributed by atoms with Crippen molar-refractivity contribution >= 4 is 27.5 Å². The number of hydrogen-bond donors (Lipinski definition) is 1. The zero-order chi connectivity index (χ0) is 37.1.